The predicted molar refractivity (Wildman–Crippen MR) is 76.1 cm³/mol. The zero-order valence-corrected chi connectivity index (χ0v) is 12.4. The second kappa shape index (κ2) is 6.10. The maximum absolute atomic E-state index is 12.8. The lowest BCUT2D eigenvalue weighted by atomic mass is 9.97. The molecular weight excluding hydrogens is 327 g/mol. The molecule has 3 rings (SSSR count). The highest BCUT2D eigenvalue weighted by atomic mass is 19.4. The van der Waals surface area contributed by atoms with E-state index in [9.17, 15) is 22.8 Å². The molecule has 0 aromatic carbocycles. The fourth-order valence-corrected chi connectivity index (χ4v) is 2.61. The Hall–Kier alpha value is -2.65. The molecular formula is C14H14F3N5O2. The Morgan fingerprint density at radius 1 is 1.38 bits per heavy atom. The SMILES string of the molecule is O=C(NCc1nnc2n1CC[C@@H](C(F)(F)F)C2)c1ccc(=O)[nH]c1. The van der Waals surface area contributed by atoms with Crippen molar-refractivity contribution in [1.82, 2.24) is 25.1 Å². The smallest absolute Gasteiger partial charge is 0.345 e. The first-order chi connectivity index (χ1) is 11.3. The zero-order chi connectivity index (χ0) is 17.3. The fourth-order valence-electron chi connectivity index (χ4n) is 2.61. The molecule has 7 nitrogen and oxygen atoms in total. The molecule has 1 aliphatic rings. The van der Waals surface area contributed by atoms with Gasteiger partial charge in [0.15, 0.2) is 5.82 Å². The Morgan fingerprint density at radius 2 is 2.17 bits per heavy atom. The molecule has 0 radical (unpaired) electrons. The van der Waals surface area contributed by atoms with Crippen LogP contribution in [0.4, 0.5) is 13.2 Å². The maximum atomic E-state index is 12.8. The standard InChI is InChI=1S/C14H14F3N5O2/c15-14(16,17)9-3-4-22-10(5-9)20-21-11(22)7-19-13(24)8-1-2-12(23)18-6-8/h1-2,6,9H,3-5,7H2,(H,18,23)(H,19,24)/t9-/m1/s1. The number of amides is 1. The van der Waals surface area contributed by atoms with Crippen LogP contribution in [-0.4, -0.2) is 31.8 Å². The third-order valence-electron chi connectivity index (χ3n) is 3.95. The van der Waals surface area contributed by atoms with Crippen LogP contribution in [-0.2, 0) is 19.5 Å². The Bertz CT molecular complexity index is 791. The summed E-state index contributed by atoms with van der Waals surface area (Å²) in [5.41, 5.74) is -0.0533. The molecule has 0 saturated carbocycles. The van der Waals surface area contributed by atoms with Crippen molar-refractivity contribution in [3.05, 3.63) is 45.9 Å². The van der Waals surface area contributed by atoms with Gasteiger partial charge >= 0.3 is 6.18 Å². The van der Waals surface area contributed by atoms with Crippen LogP contribution in [0.1, 0.15) is 28.4 Å². The van der Waals surface area contributed by atoms with Crippen LogP contribution in [0, 0.1) is 5.92 Å². The van der Waals surface area contributed by atoms with Crippen LogP contribution < -0.4 is 10.9 Å². The average molecular weight is 341 g/mol. The fraction of sp³-hybridized carbons (Fsp3) is 0.429. The minimum atomic E-state index is -4.24. The summed E-state index contributed by atoms with van der Waals surface area (Å²) in [5.74, 6) is -1.15. The van der Waals surface area contributed by atoms with E-state index < -0.39 is 18.0 Å². The van der Waals surface area contributed by atoms with Gasteiger partial charge in [0.1, 0.15) is 5.82 Å². The third-order valence-corrected chi connectivity index (χ3v) is 3.95. The first-order valence-electron chi connectivity index (χ1n) is 7.29. The summed E-state index contributed by atoms with van der Waals surface area (Å²) in [5, 5.41) is 10.3. The van der Waals surface area contributed by atoms with Crippen molar-refractivity contribution in [1.29, 1.82) is 0 Å². The van der Waals surface area contributed by atoms with Gasteiger partial charge in [0.05, 0.1) is 18.0 Å². The summed E-state index contributed by atoms with van der Waals surface area (Å²) in [6.45, 7) is 0.206. The van der Waals surface area contributed by atoms with E-state index >= 15 is 0 Å². The molecule has 128 valence electrons. The number of alkyl halides is 3. The first-order valence-corrected chi connectivity index (χ1v) is 7.29. The van der Waals surface area contributed by atoms with Crippen molar-refractivity contribution in [3.8, 4) is 0 Å². The molecule has 10 heteroatoms. The quantitative estimate of drug-likeness (QED) is 0.872. The lowest BCUT2D eigenvalue weighted by Gasteiger charge is -2.25. The molecule has 24 heavy (non-hydrogen) atoms. The van der Waals surface area contributed by atoms with Crippen molar-refractivity contribution in [2.75, 3.05) is 0 Å². The number of hydrogen-bond donors (Lipinski definition) is 2. The van der Waals surface area contributed by atoms with Gasteiger partial charge in [-0.3, -0.25) is 9.59 Å². The van der Waals surface area contributed by atoms with Crippen molar-refractivity contribution in [2.24, 2.45) is 5.92 Å². The van der Waals surface area contributed by atoms with Crippen LogP contribution in [0.5, 0.6) is 0 Å². The van der Waals surface area contributed by atoms with Crippen LogP contribution in [0.15, 0.2) is 23.1 Å². The molecule has 2 aromatic rings. The molecule has 2 aromatic heterocycles. The number of fused-ring (bicyclic) bond motifs is 1. The highest BCUT2D eigenvalue weighted by Crippen LogP contribution is 2.34. The molecule has 0 unspecified atom stereocenters. The number of nitrogens with one attached hydrogen (secondary N) is 2. The Balaban J connectivity index is 1.66. The van der Waals surface area contributed by atoms with E-state index in [1.54, 1.807) is 4.57 Å². The molecule has 1 amide bonds. The number of pyridine rings is 1. The van der Waals surface area contributed by atoms with Crippen molar-refractivity contribution < 1.29 is 18.0 Å². The van der Waals surface area contributed by atoms with Crippen molar-refractivity contribution >= 4 is 5.91 Å². The molecule has 1 atom stereocenters. The van der Waals surface area contributed by atoms with Crippen LogP contribution in [0.3, 0.4) is 0 Å². The summed E-state index contributed by atoms with van der Waals surface area (Å²) >= 11 is 0. The van der Waals surface area contributed by atoms with Crippen molar-refractivity contribution in [2.45, 2.75) is 32.1 Å². The van der Waals surface area contributed by atoms with Gasteiger partial charge < -0.3 is 14.9 Å². The number of carbonyl (C=O) groups is 1. The normalized spacial score (nSPS) is 17.4. The van der Waals surface area contributed by atoms with Crippen LogP contribution in [0.25, 0.3) is 0 Å². The second-order valence-electron chi connectivity index (χ2n) is 5.54. The Kier molecular flexibility index (Phi) is 4.12. The highest BCUT2D eigenvalue weighted by Gasteiger charge is 2.42. The van der Waals surface area contributed by atoms with Gasteiger partial charge in [0.25, 0.3) is 5.91 Å². The number of carbonyl (C=O) groups excluding carboxylic acids is 1. The molecule has 3 heterocycles. The summed E-state index contributed by atoms with van der Waals surface area (Å²) in [7, 11) is 0. The molecule has 0 aliphatic carbocycles. The number of hydrogen-bond acceptors (Lipinski definition) is 4. The number of H-pyrrole nitrogens is 1. The Morgan fingerprint density at radius 3 is 2.83 bits per heavy atom. The van der Waals surface area contributed by atoms with Crippen LogP contribution >= 0.6 is 0 Å². The number of nitrogens with zero attached hydrogens (tertiary/aromatic N) is 3. The minimum absolute atomic E-state index is 0.0323. The average Bonchev–Trinajstić information content (AvgIpc) is 2.95. The summed E-state index contributed by atoms with van der Waals surface area (Å²) in [6, 6.07) is 2.60. The van der Waals surface area contributed by atoms with Gasteiger partial charge in [-0.05, 0) is 12.5 Å². The number of halogens is 3. The molecule has 0 fully saturated rings. The lowest BCUT2D eigenvalue weighted by Crippen LogP contribution is -2.32. The van der Waals surface area contributed by atoms with E-state index in [0.717, 1.165) is 0 Å². The molecule has 0 bridgehead atoms. The number of aromatic nitrogens is 4. The van der Waals surface area contributed by atoms with Gasteiger partial charge in [0, 0.05) is 25.2 Å². The summed E-state index contributed by atoms with van der Waals surface area (Å²) in [4.78, 5) is 25.3. The van der Waals surface area contributed by atoms with E-state index in [1.807, 2.05) is 0 Å². The maximum Gasteiger partial charge on any atom is 0.392 e. The largest absolute Gasteiger partial charge is 0.392 e. The van der Waals surface area contributed by atoms with Gasteiger partial charge in [-0.2, -0.15) is 13.2 Å². The zero-order valence-electron chi connectivity index (χ0n) is 12.4. The predicted octanol–water partition coefficient (Wildman–Crippen LogP) is 1.02. The van der Waals surface area contributed by atoms with Gasteiger partial charge in [-0.15, -0.1) is 10.2 Å². The molecule has 2 N–H and O–H groups in total. The van der Waals surface area contributed by atoms with Crippen molar-refractivity contribution in [3.63, 3.8) is 0 Å². The molecule has 0 saturated heterocycles. The highest BCUT2D eigenvalue weighted by molar-refractivity contribution is 5.93. The topological polar surface area (TPSA) is 92.7 Å². The van der Waals surface area contributed by atoms with Gasteiger partial charge in [0.2, 0.25) is 5.56 Å². The van der Waals surface area contributed by atoms with E-state index in [1.165, 1.54) is 18.3 Å². The lowest BCUT2D eigenvalue weighted by molar-refractivity contribution is -0.179. The van der Waals surface area contributed by atoms with Crippen LogP contribution in [0.2, 0.25) is 0 Å². The van der Waals surface area contributed by atoms with Gasteiger partial charge in [-0.25, -0.2) is 0 Å². The molecule has 1 aliphatic heterocycles. The third kappa shape index (κ3) is 3.31. The van der Waals surface area contributed by atoms with Gasteiger partial charge in [-0.1, -0.05) is 0 Å². The Labute approximate surface area is 133 Å². The second-order valence-corrected chi connectivity index (χ2v) is 5.54. The summed E-state index contributed by atoms with van der Waals surface area (Å²) < 4.78 is 39.9. The minimum Gasteiger partial charge on any atom is -0.345 e. The monoisotopic (exact) mass is 341 g/mol. The summed E-state index contributed by atoms with van der Waals surface area (Å²) in [6.07, 6.45) is -3.19. The van der Waals surface area contributed by atoms with E-state index in [-0.39, 0.29) is 42.9 Å². The van der Waals surface area contributed by atoms with E-state index in [0.29, 0.717) is 5.82 Å². The number of rotatable bonds is 3. The van der Waals surface area contributed by atoms with E-state index in [2.05, 4.69) is 20.5 Å². The van der Waals surface area contributed by atoms with E-state index in [4.69, 9.17) is 0 Å². The first kappa shape index (κ1) is 16.2. The molecule has 0 spiro atoms. The number of aromatic amines is 1.